The normalized spacial score (nSPS) is 14.6. The summed E-state index contributed by atoms with van der Waals surface area (Å²) in [6.07, 6.45) is 11.7. The molecule has 1 aromatic carbocycles. The van der Waals surface area contributed by atoms with E-state index in [4.69, 9.17) is 0 Å². The molecule has 0 saturated heterocycles. The van der Waals surface area contributed by atoms with Crippen molar-refractivity contribution in [2.24, 2.45) is 23.7 Å². The van der Waals surface area contributed by atoms with Crippen molar-refractivity contribution in [1.82, 2.24) is 0 Å². The molecule has 1 rings (SSSR count). The Balaban J connectivity index is 2.42. The zero-order chi connectivity index (χ0) is 23.7. The van der Waals surface area contributed by atoms with E-state index in [0.29, 0.717) is 5.92 Å². The third-order valence-corrected chi connectivity index (χ3v) is 7.36. The molecule has 2 nitrogen and oxygen atoms in total. The maximum absolute atomic E-state index is 10.7. The van der Waals surface area contributed by atoms with Crippen molar-refractivity contribution < 1.29 is 10.2 Å². The maximum atomic E-state index is 10.7. The molecule has 0 aliphatic carbocycles. The highest BCUT2D eigenvalue weighted by molar-refractivity contribution is 5.77. The van der Waals surface area contributed by atoms with Crippen LogP contribution in [0, 0.1) is 44.4 Å². The number of allylic oxidation sites excluding steroid dienone is 1. The molecule has 0 aromatic heterocycles. The lowest BCUT2D eigenvalue weighted by molar-refractivity contribution is 0.384. The molecule has 3 atom stereocenters. The quantitative estimate of drug-likeness (QED) is 0.289. The zero-order valence-electron chi connectivity index (χ0n) is 21.8. The van der Waals surface area contributed by atoms with Crippen LogP contribution in [0.15, 0.2) is 6.58 Å². The van der Waals surface area contributed by atoms with Gasteiger partial charge in [-0.15, -0.1) is 0 Å². The molecular formula is C29H50O2. The van der Waals surface area contributed by atoms with Gasteiger partial charge >= 0.3 is 0 Å². The van der Waals surface area contributed by atoms with Crippen molar-refractivity contribution in [3.63, 3.8) is 0 Å². The average Bonchev–Trinajstić information content (AvgIpc) is 2.70. The van der Waals surface area contributed by atoms with Gasteiger partial charge in [-0.25, -0.2) is 0 Å². The molecule has 0 spiro atoms. The summed E-state index contributed by atoms with van der Waals surface area (Å²) in [4.78, 5) is 0. The molecule has 1 aromatic rings. The molecule has 0 saturated carbocycles. The van der Waals surface area contributed by atoms with E-state index in [1.54, 1.807) is 0 Å². The Bertz CT molecular complexity index is 672. The number of hydrogen-bond donors (Lipinski definition) is 2. The molecule has 0 aliphatic heterocycles. The smallest absolute Gasteiger partial charge is 0.126 e. The van der Waals surface area contributed by atoms with E-state index >= 15 is 0 Å². The van der Waals surface area contributed by atoms with Crippen molar-refractivity contribution in [3.8, 4) is 11.5 Å². The minimum atomic E-state index is 0.278. The third kappa shape index (κ3) is 8.54. The summed E-state index contributed by atoms with van der Waals surface area (Å²) < 4.78 is 0. The van der Waals surface area contributed by atoms with E-state index in [9.17, 15) is 10.2 Å². The fraction of sp³-hybridized carbons (Fsp3) is 0.724. The molecule has 0 amide bonds. The predicted molar refractivity (Wildman–Crippen MR) is 137 cm³/mol. The van der Waals surface area contributed by atoms with Crippen LogP contribution in [0.25, 0.3) is 5.57 Å². The standard InChI is InChI=1S/C29H50O2/c1-19(2)13-10-14-20(3)15-11-16-21(4)17-12-18-22(5)23(6)27-26(9)28(30)24(7)25(8)29(27)31/h19-22,30-31H,6,10-18H2,1-5,7-9H3. The van der Waals surface area contributed by atoms with Gasteiger partial charge in [-0.05, 0) is 67.6 Å². The number of hydrogen-bond acceptors (Lipinski definition) is 2. The van der Waals surface area contributed by atoms with E-state index in [-0.39, 0.29) is 11.5 Å². The van der Waals surface area contributed by atoms with E-state index < -0.39 is 0 Å². The SMILES string of the molecule is C=C(c1c(C)c(O)c(C)c(C)c1O)C(C)CCCC(C)CCCC(C)CCCC(C)C. The lowest BCUT2D eigenvalue weighted by atomic mass is 9.85. The van der Waals surface area contributed by atoms with Crippen LogP contribution in [0.2, 0.25) is 0 Å². The molecule has 0 aliphatic rings. The molecule has 2 heteroatoms. The third-order valence-electron chi connectivity index (χ3n) is 7.36. The number of rotatable bonds is 14. The molecule has 0 radical (unpaired) electrons. The number of benzene rings is 1. The van der Waals surface area contributed by atoms with Gasteiger partial charge in [0.2, 0.25) is 0 Å². The highest BCUT2D eigenvalue weighted by Crippen LogP contribution is 2.42. The first-order chi connectivity index (χ1) is 14.5. The molecule has 3 unspecified atom stereocenters. The highest BCUT2D eigenvalue weighted by Gasteiger charge is 2.21. The van der Waals surface area contributed by atoms with Gasteiger partial charge in [0.25, 0.3) is 0 Å². The Morgan fingerprint density at radius 1 is 0.645 bits per heavy atom. The van der Waals surface area contributed by atoms with Gasteiger partial charge in [-0.2, -0.15) is 0 Å². The lowest BCUT2D eigenvalue weighted by Crippen LogP contribution is -2.04. The van der Waals surface area contributed by atoms with Crippen LogP contribution in [0.5, 0.6) is 11.5 Å². The van der Waals surface area contributed by atoms with Crippen LogP contribution < -0.4 is 0 Å². The van der Waals surface area contributed by atoms with E-state index in [1.807, 2.05) is 20.8 Å². The maximum Gasteiger partial charge on any atom is 0.126 e. The van der Waals surface area contributed by atoms with Gasteiger partial charge in [0.15, 0.2) is 0 Å². The summed E-state index contributed by atoms with van der Waals surface area (Å²) >= 11 is 0. The van der Waals surface area contributed by atoms with Crippen molar-refractivity contribution >= 4 is 5.57 Å². The molecule has 0 heterocycles. The lowest BCUT2D eigenvalue weighted by Gasteiger charge is -2.22. The Hall–Kier alpha value is -1.44. The first-order valence-electron chi connectivity index (χ1n) is 12.7. The van der Waals surface area contributed by atoms with Crippen molar-refractivity contribution in [1.29, 1.82) is 0 Å². The summed E-state index contributed by atoms with van der Waals surface area (Å²) in [5, 5.41) is 21.1. The van der Waals surface area contributed by atoms with Crippen LogP contribution in [0.4, 0.5) is 0 Å². The summed E-state index contributed by atoms with van der Waals surface area (Å²) in [7, 11) is 0. The first kappa shape index (κ1) is 27.6. The van der Waals surface area contributed by atoms with E-state index in [1.165, 1.54) is 51.4 Å². The first-order valence-corrected chi connectivity index (χ1v) is 12.7. The van der Waals surface area contributed by atoms with Crippen LogP contribution in [0.3, 0.4) is 0 Å². The highest BCUT2D eigenvalue weighted by atomic mass is 16.3. The van der Waals surface area contributed by atoms with Gasteiger partial charge in [-0.3, -0.25) is 0 Å². The summed E-state index contributed by atoms with van der Waals surface area (Å²) in [6, 6.07) is 0. The number of phenols is 2. The monoisotopic (exact) mass is 430 g/mol. The van der Waals surface area contributed by atoms with Gasteiger partial charge in [0.1, 0.15) is 11.5 Å². The van der Waals surface area contributed by atoms with Crippen molar-refractivity contribution in [2.75, 3.05) is 0 Å². The summed E-state index contributed by atoms with van der Waals surface area (Å²) in [6.45, 7) is 21.5. The molecule has 0 bridgehead atoms. The second kappa shape index (κ2) is 13.2. The fourth-order valence-electron chi connectivity index (χ4n) is 4.68. The van der Waals surface area contributed by atoms with Crippen molar-refractivity contribution in [3.05, 3.63) is 28.8 Å². The largest absolute Gasteiger partial charge is 0.507 e. The predicted octanol–water partition coefficient (Wildman–Crippen LogP) is 9.11. The van der Waals surface area contributed by atoms with Crippen LogP contribution in [0.1, 0.15) is 115 Å². The molecular weight excluding hydrogens is 380 g/mol. The average molecular weight is 431 g/mol. The van der Waals surface area contributed by atoms with Crippen LogP contribution in [-0.2, 0) is 0 Å². The molecule has 31 heavy (non-hydrogen) atoms. The molecule has 178 valence electrons. The van der Waals surface area contributed by atoms with Crippen molar-refractivity contribution in [2.45, 2.75) is 113 Å². The molecule has 2 N–H and O–H groups in total. The van der Waals surface area contributed by atoms with E-state index in [2.05, 4.69) is 41.2 Å². The number of aromatic hydroxyl groups is 2. The summed E-state index contributed by atoms with van der Waals surface area (Å²) in [5.74, 6) is 3.31. The Kier molecular flexibility index (Phi) is 11.7. The second-order valence-electron chi connectivity index (χ2n) is 10.8. The topological polar surface area (TPSA) is 40.5 Å². The van der Waals surface area contributed by atoms with Gasteiger partial charge in [0.05, 0.1) is 0 Å². The van der Waals surface area contributed by atoms with Gasteiger partial charge < -0.3 is 10.2 Å². The minimum absolute atomic E-state index is 0.278. The fourth-order valence-corrected chi connectivity index (χ4v) is 4.68. The summed E-state index contributed by atoms with van der Waals surface area (Å²) in [5.41, 5.74) is 3.93. The number of phenolic OH excluding ortho intramolecular Hbond substituents is 2. The van der Waals surface area contributed by atoms with E-state index in [0.717, 1.165) is 52.0 Å². The van der Waals surface area contributed by atoms with Crippen LogP contribution in [-0.4, -0.2) is 10.2 Å². The zero-order valence-corrected chi connectivity index (χ0v) is 21.8. The Labute approximate surface area is 193 Å². The van der Waals surface area contributed by atoms with Crippen LogP contribution >= 0.6 is 0 Å². The van der Waals surface area contributed by atoms with Gasteiger partial charge in [-0.1, -0.05) is 92.6 Å². The molecule has 0 fully saturated rings. The Morgan fingerprint density at radius 3 is 1.55 bits per heavy atom. The Morgan fingerprint density at radius 2 is 1.06 bits per heavy atom. The van der Waals surface area contributed by atoms with Gasteiger partial charge in [0, 0.05) is 11.1 Å². The second-order valence-corrected chi connectivity index (χ2v) is 10.8. The minimum Gasteiger partial charge on any atom is -0.507 e.